The summed E-state index contributed by atoms with van der Waals surface area (Å²) < 4.78 is 0. The Balaban J connectivity index is 2.10. The number of pyridine rings is 1. The molecule has 1 N–H and O–H groups in total. The fourth-order valence-electron chi connectivity index (χ4n) is 2.84. The summed E-state index contributed by atoms with van der Waals surface area (Å²) in [5.41, 5.74) is 2.83. The minimum absolute atomic E-state index is 0.140. The molecule has 2 heterocycles. The van der Waals surface area contributed by atoms with Crippen LogP contribution in [0.25, 0.3) is 0 Å². The Morgan fingerprint density at radius 1 is 1.40 bits per heavy atom. The molecule has 0 bridgehead atoms. The lowest BCUT2D eigenvalue weighted by Crippen LogP contribution is -2.38. The van der Waals surface area contributed by atoms with Crippen LogP contribution in [-0.4, -0.2) is 23.6 Å². The van der Waals surface area contributed by atoms with Crippen molar-refractivity contribution in [2.45, 2.75) is 59.0 Å². The number of hydrogen-bond acceptors (Lipinski definition) is 3. The maximum Gasteiger partial charge on any atom is 0.0442 e. The van der Waals surface area contributed by atoms with Crippen molar-refractivity contribution in [3.05, 3.63) is 24.0 Å². The van der Waals surface area contributed by atoms with Crippen molar-refractivity contribution in [2.24, 2.45) is 5.92 Å². The van der Waals surface area contributed by atoms with E-state index in [0.29, 0.717) is 0 Å². The summed E-state index contributed by atoms with van der Waals surface area (Å²) in [7, 11) is 0. The molecule has 2 rings (SSSR count). The summed E-state index contributed by atoms with van der Waals surface area (Å²) >= 11 is 0. The van der Waals surface area contributed by atoms with Gasteiger partial charge in [-0.2, -0.15) is 0 Å². The van der Waals surface area contributed by atoms with Crippen molar-refractivity contribution >= 4 is 5.69 Å². The molecular formula is C17H29N3. The second-order valence-corrected chi connectivity index (χ2v) is 6.97. The molecular weight excluding hydrogens is 246 g/mol. The van der Waals surface area contributed by atoms with Crippen LogP contribution in [0.5, 0.6) is 0 Å². The molecule has 1 saturated heterocycles. The first-order chi connectivity index (χ1) is 9.49. The highest BCUT2D eigenvalue weighted by molar-refractivity contribution is 5.52. The quantitative estimate of drug-likeness (QED) is 0.910. The standard InChI is InChI=1S/C17H29N3/c1-5-14-7-6-10-20(13-14)16-8-9-18-11-15(16)12-19-17(2,3)4/h8-9,11,14,19H,5-7,10,12-13H2,1-4H3. The number of aromatic nitrogens is 1. The van der Waals surface area contributed by atoms with Gasteiger partial charge in [-0.15, -0.1) is 0 Å². The average molecular weight is 275 g/mol. The van der Waals surface area contributed by atoms with Gasteiger partial charge in [-0.1, -0.05) is 13.3 Å². The number of piperidine rings is 1. The first-order valence-corrected chi connectivity index (χ1v) is 7.92. The van der Waals surface area contributed by atoms with Gasteiger partial charge in [0.1, 0.15) is 0 Å². The molecule has 3 heteroatoms. The van der Waals surface area contributed by atoms with E-state index in [-0.39, 0.29) is 5.54 Å². The van der Waals surface area contributed by atoms with Gasteiger partial charge in [0.25, 0.3) is 0 Å². The van der Waals surface area contributed by atoms with Gasteiger partial charge in [-0.25, -0.2) is 0 Å². The lowest BCUT2D eigenvalue weighted by Gasteiger charge is -2.35. The number of nitrogens with one attached hydrogen (secondary N) is 1. The Hall–Kier alpha value is -1.09. The maximum atomic E-state index is 4.31. The Morgan fingerprint density at radius 3 is 2.90 bits per heavy atom. The van der Waals surface area contributed by atoms with Crippen LogP contribution in [0.15, 0.2) is 18.5 Å². The van der Waals surface area contributed by atoms with E-state index in [1.165, 1.54) is 43.6 Å². The highest BCUT2D eigenvalue weighted by Gasteiger charge is 2.21. The molecule has 0 amide bonds. The molecule has 20 heavy (non-hydrogen) atoms. The second-order valence-electron chi connectivity index (χ2n) is 6.97. The van der Waals surface area contributed by atoms with Crippen molar-refractivity contribution in [1.29, 1.82) is 0 Å². The van der Waals surface area contributed by atoms with Gasteiger partial charge in [-0.05, 0) is 45.6 Å². The SMILES string of the molecule is CCC1CCCN(c2ccncc2CNC(C)(C)C)C1. The van der Waals surface area contributed by atoms with Gasteiger partial charge >= 0.3 is 0 Å². The molecule has 0 radical (unpaired) electrons. The molecule has 1 aromatic rings. The third-order valence-corrected chi connectivity index (χ3v) is 4.12. The van der Waals surface area contributed by atoms with E-state index < -0.39 is 0 Å². The largest absolute Gasteiger partial charge is 0.371 e. The third-order valence-electron chi connectivity index (χ3n) is 4.12. The van der Waals surface area contributed by atoms with Gasteiger partial charge < -0.3 is 10.2 Å². The zero-order valence-corrected chi connectivity index (χ0v) is 13.4. The molecule has 0 aliphatic carbocycles. The van der Waals surface area contributed by atoms with E-state index in [4.69, 9.17) is 0 Å². The van der Waals surface area contributed by atoms with Crippen molar-refractivity contribution in [3.8, 4) is 0 Å². The van der Waals surface area contributed by atoms with Crippen LogP contribution in [-0.2, 0) is 6.54 Å². The highest BCUT2D eigenvalue weighted by atomic mass is 15.1. The number of nitrogens with zero attached hydrogens (tertiary/aromatic N) is 2. The monoisotopic (exact) mass is 275 g/mol. The molecule has 1 unspecified atom stereocenters. The van der Waals surface area contributed by atoms with Crippen LogP contribution in [0.3, 0.4) is 0 Å². The van der Waals surface area contributed by atoms with Crippen LogP contribution in [0.4, 0.5) is 5.69 Å². The molecule has 3 nitrogen and oxygen atoms in total. The zero-order valence-electron chi connectivity index (χ0n) is 13.4. The lowest BCUT2D eigenvalue weighted by molar-refractivity contribution is 0.401. The zero-order chi connectivity index (χ0) is 14.6. The minimum Gasteiger partial charge on any atom is -0.371 e. The molecule has 1 fully saturated rings. The summed E-state index contributed by atoms with van der Waals surface area (Å²) in [6.07, 6.45) is 7.92. The van der Waals surface area contributed by atoms with Gasteiger partial charge in [0.15, 0.2) is 0 Å². The van der Waals surface area contributed by atoms with E-state index in [1.54, 1.807) is 0 Å². The van der Waals surface area contributed by atoms with Gasteiger partial charge in [-0.3, -0.25) is 4.98 Å². The second kappa shape index (κ2) is 6.57. The number of anilines is 1. The molecule has 1 atom stereocenters. The highest BCUT2D eigenvalue weighted by Crippen LogP contribution is 2.27. The van der Waals surface area contributed by atoms with E-state index in [9.17, 15) is 0 Å². The molecule has 0 saturated carbocycles. The molecule has 1 aliphatic heterocycles. The Morgan fingerprint density at radius 2 is 2.20 bits per heavy atom. The smallest absolute Gasteiger partial charge is 0.0442 e. The topological polar surface area (TPSA) is 28.2 Å². The normalized spacial score (nSPS) is 20.2. The summed E-state index contributed by atoms with van der Waals surface area (Å²) in [6.45, 7) is 12.2. The van der Waals surface area contributed by atoms with Crippen LogP contribution in [0.2, 0.25) is 0 Å². The van der Waals surface area contributed by atoms with Crippen molar-refractivity contribution in [2.75, 3.05) is 18.0 Å². The maximum absolute atomic E-state index is 4.31. The van der Waals surface area contributed by atoms with Crippen molar-refractivity contribution in [1.82, 2.24) is 10.3 Å². The van der Waals surface area contributed by atoms with E-state index in [1.807, 2.05) is 12.4 Å². The van der Waals surface area contributed by atoms with Gasteiger partial charge in [0.05, 0.1) is 0 Å². The summed E-state index contributed by atoms with van der Waals surface area (Å²) in [6, 6.07) is 2.18. The predicted molar refractivity (Wildman–Crippen MR) is 86.1 cm³/mol. The average Bonchev–Trinajstić information content (AvgIpc) is 2.45. The molecule has 1 aromatic heterocycles. The fourth-order valence-corrected chi connectivity index (χ4v) is 2.84. The van der Waals surface area contributed by atoms with Crippen LogP contribution < -0.4 is 10.2 Å². The first kappa shape index (κ1) is 15.3. The van der Waals surface area contributed by atoms with E-state index in [2.05, 4.69) is 49.0 Å². The first-order valence-electron chi connectivity index (χ1n) is 7.92. The molecule has 112 valence electrons. The Bertz CT molecular complexity index is 422. The summed E-state index contributed by atoms with van der Waals surface area (Å²) in [5, 5.41) is 3.58. The summed E-state index contributed by atoms with van der Waals surface area (Å²) in [4.78, 5) is 6.87. The van der Waals surface area contributed by atoms with Crippen LogP contribution >= 0.6 is 0 Å². The molecule has 0 aromatic carbocycles. The lowest BCUT2D eigenvalue weighted by atomic mass is 9.95. The Kier molecular flexibility index (Phi) is 5.03. The van der Waals surface area contributed by atoms with Crippen LogP contribution in [0.1, 0.15) is 52.5 Å². The fraction of sp³-hybridized carbons (Fsp3) is 0.706. The third kappa shape index (κ3) is 4.20. The minimum atomic E-state index is 0.140. The van der Waals surface area contributed by atoms with E-state index in [0.717, 1.165) is 12.5 Å². The summed E-state index contributed by atoms with van der Waals surface area (Å²) in [5.74, 6) is 0.848. The molecule has 1 aliphatic rings. The van der Waals surface area contributed by atoms with Gasteiger partial charge in [0, 0.05) is 48.8 Å². The Labute approximate surface area is 123 Å². The molecule has 0 spiro atoms. The predicted octanol–water partition coefficient (Wildman–Crippen LogP) is 3.60. The van der Waals surface area contributed by atoms with Crippen molar-refractivity contribution in [3.63, 3.8) is 0 Å². The van der Waals surface area contributed by atoms with Gasteiger partial charge in [0.2, 0.25) is 0 Å². The van der Waals surface area contributed by atoms with E-state index >= 15 is 0 Å². The van der Waals surface area contributed by atoms with Crippen molar-refractivity contribution < 1.29 is 0 Å². The van der Waals surface area contributed by atoms with Crippen LogP contribution in [0, 0.1) is 5.92 Å². The number of rotatable bonds is 4. The number of hydrogen-bond donors (Lipinski definition) is 1.